The fourth-order valence-electron chi connectivity index (χ4n) is 3.63. The summed E-state index contributed by atoms with van der Waals surface area (Å²) in [6.07, 6.45) is 2.69. The van der Waals surface area contributed by atoms with Crippen molar-refractivity contribution in [2.24, 2.45) is 16.7 Å². The van der Waals surface area contributed by atoms with Crippen molar-refractivity contribution < 1.29 is 9.90 Å². The van der Waals surface area contributed by atoms with Gasteiger partial charge in [0.1, 0.15) is 0 Å². The summed E-state index contributed by atoms with van der Waals surface area (Å²) in [6.45, 7) is 4.38. The summed E-state index contributed by atoms with van der Waals surface area (Å²) in [6, 6.07) is 0. The summed E-state index contributed by atoms with van der Waals surface area (Å²) in [4.78, 5) is 11.6. The molecule has 2 aliphatic rings. The van der Waals surface area contributed by atoms with E-state index in [1.165, 1.54) is 0 Å². The summed E-state index contributed by atoms with van der Waals surface area (Å²) in [7, 11) is 0. The molecule has 0 spiro atoms. The van der Waals surface area contributed by atoms with E-state index >= 15 is 0 Å². The summed E-state index contributed by atoms with van der Waals surface area (Å²) in [5, 5.41) is 10.2. The van der Waals surface area contributed by atoms with Gasteiger partial charge in [0, 0.05) is 5.33 Å². The summed E-state index contributed by atoms with van der Waals surface area (Å²) >= 11 is 7.26. The predicted molar refractivity (Wildman–Crippen MR) is 66.6 cm³/mol. The zero-order valence-corrected chi connectivity index (χ0v) is 12.2. The van der Waals surface area contributed by atoms with Gasteiger partial charge in [-0.25, -0.2) is 0 Å². The number of halogens is 2. The zero-order chi connectivity index (χ0) is 11.5. The van der Waals surface area contributed by atoms with Gasteiger partial charge in [-0.1, -0.05) is 45.7 Å². The summed E-state index contributed by atoms with van der Waals surface area (Å²) < 4.78 is -0.304. The molecule has 0 unspecified atom stereocenters. The van der Waals surface area contributed by atoms with Crippen LogP contribution >= 0.6 is 31.9 Å². The number of carboxylic acid groups (broad SMARTS) is 1. The molecule has 0 aromatic carbocycles. The van der Waals surface area contributed by atoms with Gasteiger partial charge < -0.3 is 5.11 Å². The quantitative estimate of drug-likeness (QED) is 0.782. The molecule has 1 N–H and O–H groups in total. The van der Waals surface area contributed by atoms with E-state index in [0.717, 1.165) is 19.3 Å². The normalized spacial score (nSPS) is 47.1. The van der Waals surface area contributed by atoms with E-state index in [4.69, 9.17) is 0 Å². The molecule has 2 bridgehead atoms. The van der Waals surface area contributed by atoms with Crippen LogP contribution in [0.4, 0.5) is 0 Å². The van der Waals surface area contributed by atoms with Crippen molar-refractivity contribution in [3.63, 3.8) is 0 Å². The number of fused-ring (bicyclic) bond motifs is 2. The third kappa shape index (κ3) is 1.13. The molecule has 2 aliphatic carbocycles. The molecule has 2 rings (SSSR count). The predicted octanol–water partition coefficient (Wildman–Crippen LogP) is 3.43. The van der Waals surface area contributed by atoms with Crippen LogP contribution in [0, 0.1) is 16.7 Å². The van der Waals surface area contributed by atoms with Crippen molar-refractivity contribution in [1.82, 2.24) is 0 Å². The van der Waals surface area contributed by atoms with E-state index in [1.54, 1.807) is 0 Å². The first-order valence-corrected chi connectivity index (χ1v) is 7.21. The van der Waals surface area contributed by atoms with E-state index in [2.05, 4.69) is 45.7 Å². The highest BCUT2D eigenvalue weighted by atomic mass is 79.9. The monoisotopic (exact) mass is 338 g/mol. The number of hydrogen-bond donors (Lipinski definition) is 1. The molecule has 4 heteroatoms. The van der Waals surface area contributed by atoms with Crippen molar-refractivity contribution in [3.05, 3.63) is 0 Å². The van der Waals surface area contributed by atoms with Crippen molar-refractivity contribution in [2.75, 3.05) is 5.33 Å². The molecule has 0 heterocycles. The number of alkyl halides is 2. The highest BCUT2D eigenvalue weighted by Crippen LogP contribution is 2.71. The molecule has 2 fully saturated rings. The smallest absolute Gasteiger partial charge is 0.311 e. The van der Waals surface area contributed by atoms with Gasteiger partial charge >= 0.3 is 5.97 Å². The Morgan fingerprint density at radius 2 is 2.13 bits per heavy atom. The zero-order valence-electron chi connectivity index (χ0n) is 9.02. The molecule has 0 aromatic heterocycles. The molecule has 15 heavy (non-hydrogen) atoms. The minimum absolute atomic E-state index is 0.0488. The lowest BCUT2D eigenvalue weighted by atomic mass is 9.64. The Morgan fingerprint density at radius 1 is 1.53 bits per heavy atom. The molecule has 0 aromatic rings. The maximum Gasteiger partial charge on any atom is 0.311 e. The number of aliphatic carboxylic acids is 1. The number of rotatable bonds is 2. The number of hydrogen-bond acceptors (Lipinski definition) is 1. The number of carboxylic acids is 1. The average molecular weight is 340 g/mol. The highest BCUT2D eigenvalue weighted by molar-refractivity contribution is 9.12. The SMILES string of the molecule is CC1(C)[C@H]2CC[C@@](C(=O)O)(C2)[C@@]1(Br)CBr. The van der Waals surface area contributed by atoms with Gasteiger partial charge in [-0.2, -0.15) is 0 Å². The van der Waals surface area contributed by atoms with E-state index in [1.807, 2.05) is 0 Å². The van der Waals surface area contributed by atoms with Crippen molar-refractivity contribution in [1.29, 1.82) is 0 Å². The fraction of sp³-hybridized carbons (Fsp3) is 0.909. The molecule has 0 saturated heterocycles. The van der Waals surface area contributed by atoms with Crippen molar-refractivity contribution >= 4 is 37.8 Å². The standard InChI is InChI=1S/C11H16Br2O2/c1-9(2)7-3-4-10(5-7,8(14)15)11(9,13)6-12/h7H,3-6H2,1-2H3,(H,14,15)/t7-,10-,11+/m0/s1. The molecular weight excluding hydrogens is 324 g/mol. The molecule has 0 radical (unpaired) electrons. The second-order valence-electron chi connectivity index (χ2n) is 5.48. The highest BCUT2D eigenvalue weighted by Gasteiger charge is 2.72. The lowest BCUT2D eigenvalue weighted by Gasteiger charge is -2.49. The van der Waals surface area contributed by atoms with Crippen LogP contribution in [0.25, 0.3) is 0 Å². The topological polar surface area (TPSA) is 37.3 Å². The fourth-order valence-corrected chi connectivity index (χ4v) is 5.74. The maximum atomic E-state index is 11.6. The van der Waals surface area contributed by atoms with E-state index in [9.17, 15) is 9.90 Å². The minimum Gasteiger partial charge on any atom is -0.481 e. The van der Waals surface area contributed by atoms with Gasteiger partial charge in [0.05, 0.1) is 9.74 Å². The van der Waals surface area contributed by atoms with Gasteiger partial charge in [-0.05, 0) is 30.6 Å². The summed E-state index contributed by atoms with van der Waals surface area (Å²) in [5.74, 6) is -0.0996. The molecule has 86 valence electrons. The first-order valence-electron chi connectivity index (χ1n) is 5.30. The maximum absolute atomic E-state index is 11.6. The van der Waals surface area contributed by atoms with Crippen molar-refractivity contribution in [2.45, 2.75) is 37.4 Å². The Bertz CT molecular complexity index is 316. The second-order valence-corrected chi connectivity index (χ2v) is 7.40. The van der Waals surface area contributed by atoms with Gasteiger partial charge in [0.2, 0.25) is 0 Å². The minimum atomic E-state index is -0.633. The van der Waals surface area contributed by atoms with E-state index in [-0.39, 0.29) is 9.74 Å². The van der Waals surface area contributed by atoms with Crippen LogP contribution in [0.5, 0.6) is 0 Å². The van der Waals surface area contributed by atoms with Gasteiger partial charge in [0.25, 0.3) is 0 Å². The van der Waals surface area contributed by atoms with Crippen LogP contribution in [-0.4, -0.2) is 20.7 Å². The first kappa shape index (κ1) is 11.9. The van der Waals surface area contributed by atoms with E-state index in [0.29, 0.717) is 11.2 Å². The molecule has 2 nitrogen and oxygen atoms in total. The van der Waals surface area contributed by atoms with Crippen LogP contribution in [0.1, 0.15) is 33.1 Å². The lowest BCUT2D eigenvalue weighted by Crippen LogP contribution is -2.55. The van der Waals surface area contributed by atoms with Crippen LogP contribution in [-0.2, 0) is 4.79 Å². The summed E-state index contributed by atoms with van der Waals surface area (Å²) in [5.41, 5.74) is -0.516. The first-order chi connectivity index (χ1) is 6.82. The lowest BCUT2D eigenvalue weighted by molar-refractivity contribution is -0.150. The molecule has 0 amide bonds. The Hall–Kier alpha value is 0.430. The Morgan fingerprint density at radius 3 is 2.53 bits per heavy atom. The van der Waals surface area contributed by atoms with Gasteiger partial charge in [0.15, 0.2) is 0 Å². The molecule has 3 atom stereocenters. The Labute approximate surface area is 107 Å². The van der Waals surface area contributed by atoms with Gasteiger partial charge in [-0.3, -0.25) is 4.79 Å². The van der Waals surface area contributed by atoms with E-state index < -0.39 is 11.4 Å². The van der Waals surface area contributed by atoms with Crippen LogP contribution in [0.3, 0.4) is 0 Å². The molecule has 0 aliphatic heterocycles. The number of carbonyl (C=O) groups is 1. The molecular formula is C11H16Br2O2. The average Bonchev–Trinajstić information content (AvgIpc) is 2.67. The van der Waals surface area contributed by atoms with Gasteiger partial charge in [-0.15, -0.1) is 0 Å². The van der Waals surface area contributed by atoms with Crippen LogP contribution in [0.15, 0.2) is 0 Å². The third-order valence-corrected chi connectivity index (χ3v) is 8.56. The van der Waals surface area contributed by atoms with Crippen molar-refractivity contribution in [3.8, 4) is 0 Å². The van der Waals surface area contributed by atoms with Crippen LogP contribution in [0.2, 0.25) is 0 Å². The third-order valence-electron chi connectivity index (χ3n) is 4.91. The Balaban J connectivity index is 2.54. The van der Waals surface area contributed by atoms with Crippen LogP contribution < -0.4 is 0 Å². The second kappa shape index (κ2) is 3.22. The largest absolute Gasteiger partial charge is 0.481 e. The Kier molecular flexibility index (Phi) is 2.56. The molecule has 2 saturated carbocycles.